The van der Waals surface area contributed by atoms with Crippen molar-refractivity contribution in [3.63, 3.8) is 0 Å². The molecule has 31 heavy (non-hydrogen) atoms. The number of nitrogens with zero attached hydrogens (tertiary/aromatic N) is 2. The molecule has 0 saturated heterocycles. The van der Waals surface area contributed by atoms with Gasteiger partial charge >= 0.3 is 0 Å². The van der Waals surface area contributed by atoms with Crippen LogP contribution in [-0.2, 0) is 19.6 Å². The minimum atomic E-state index is -3.50. The highest BCUT2D eigenvalue weighted by atomic mass is 32.2. The lowest BCUT2D eigenvalue weighted by Crippen LogP contribution is -2.48. The number of carbonyl (C=O) groups is 2. The van der Waals surface area contributed by atoms with Crippen LogP contribution in [-0.4, -0.2) is 82.3 Å². The van der Waals surface area contributed by atoms with Gasteiger partial charge < -0.3 is 19.3 Å². The fourth-order valence-corrected chi connectivity index (χ4v) is 4.16. The smallest absolute Gasteiger partial charge is 0.257 e. The van der Waals surface area contributed by atoms with Crippen molar-refractivity contribution in [2.45, 2.75) is 39.3 Å². The molecule has 1 aromatic rings. The third-order valence-electron chi connectivity index (χ3n) is 5.37. The number of hydrogen-bond acceptors (Lipinski definition) is 6. The number of benzene rings is 1. The number of ether oxygens (including phenoxy) is 2. The third-order valence-corrected chi connectivity index (χ3v) is 5.98. The lowest BCUT2D eigenvalue weighted by molar-refractivity contribution is -0.135. The molecule has 0 unspecified atom stereocenters. The van der Waals surface area contributed by atoms with Crippen molar-refractivity contribution in [3.05, 3.63) is 23.8 Å². The SMILES string of the molecule is CCC(=O)N1C[C@@H](C)[C@@H](OC)CN(C)C(=O)c2cc(NS(C)(=O)=O)ccc2OC[C@@H]1C. The zero-order chi connectivity index (χ0) is 23.3. The van der Waals surface area contributed by atoms with E-state index in [0.29, 0.717) is 25.3 Å². The summed E-state index contributed by atoms with van der Waals surface area (Å²) < 4.78 is 37.2. The Balaban J connectivity index is 2.48. The summed E-state index contributed by atoms with van der Waals surface area (Å²) in [4.78, 5) is 29.1. The number of anilines is 1. The van der Waals surface area contributed by atoms with Gasteiger partial charge in [0.25, 0.3) is 5.91 Å². The Morgan fingerprint density at radius 2 is 1.97 bits per heavy atom. The van der Waals surface area contributed by atoms with Crippen LogP contribution in [0.4, 0.5) is 5.69 Å². The summed E-state index contributed by atoms with van der Waals surface area (Å²) in [5.74, 6) is 0.0212. The molecule has 174 valence electrons. The lowest BCUT2D eigenvalue weighted by atomic mass is 10.0. The molecule has 1 aliphatic rings. The first kappa shape index (κ1) is 24.9. The van der Waals surface area contributed by atoms with Gasteiger partial charge in [-0.25, -0.2) is 8.42 Å². The van der Waals surface area contributed by atoms with Crippen LogP contribution >= 0.6 is 0 Å². The number of nitrogens with one attached hydrogen (secondary N) is 1. The molecule has 0 fully saturated rings. The number of fused-ring (bicyclic) bond motifs is 1. The van der Waals surface area contributed by atoms with Crippen molar-refractivity contribution in [1.82, 2.24) is 9.80 Å². The average molecular weight is 456 g/mol. The Morgan fingerprint density at radius 1 is 1.29 bits per heavy atom. The second kappa shape index (κ2) is 10.3. The summed E-state index contributed by atoms with van der Waals surface area (Å²) in [5, 5.41) is 0. The van der Waals surface area contributed by atoms with Gasteiger partial charge in [-0.05, 0) is 25.1 Å². The molecule has 0 aliphatic carbocycles. The Labute approximate surface area is 184 Å². The van der Waals surface area contributed by atoms with Crippen LogP contribution < -0.4 is 9.46 Å². The summed E-state index contributed by atoms with van der Waals surface area (Å²) in [7, 11) is -0.256. The van der Waals surface area contributed by atoms with Gasteiger partial charge in [-0.2, -0.15) is 0 Å². The van der Waals surface area contributed by atoms with E-state index in [1.54, 1.807) is 31.2 Å². The number of sulfonamides is 1. The quantitative estimate of drug-likeness (QED) is 0.742. The van der Waals surface area contributed by atoms with E-state index in [1.165, 1.54) is 11.0 Å². The highest BCUT2D eigenvalue weighted by Gasteiger charge is 2.30. The number of amides is 2. The van der Waals surface area contributed by atoms with E-state index >= 15 is 0 Å². The molecule has 0 spiro atoms. The first-order chi connectivity index (χ1) is 14.5. The molecule has 0 radical (unpaired) electrons. The molecule has 1 aromatic carbocycles. The summed E-state index contributed by atoms with van der Waals surface area (Å²) in [5.41, 5.74) is 0.506. The highest BCUT2D eigenvalue weighted by molar-refractivity contribution is 7.92. The van der Waals surface area contributed by atoms with Crippen molar-refractivity contribution in [2.75, 3.05) is 44.8 Å². The second-order valence-corrected chi connectivity index (χ2v) is 9.83. The van der Waals surface area contributed by atoms with Crippen LogP contribution in [0, 0.1) is 5.92 Å². The van der Waals surface area contributed by atoms with Gasteiger partial charge in [-0.1, -0.05) is 13.8 Å². The standard InChI is InChI=1S/C21H33N3O6S/c1-7-20(25)24-11-14(2)19(29-5)12-23(4)21(26)17-10-16(22-31(6,27)28)8-9-18(17)30-13-15(24)3/h8-10,14-15,19,22H,7,11-13H2,1-6H3/t14-,15+,19+/m1/s1. The molecule has 0 aromatic heterocycles. The summed E-state index contributed by atoms with van der Waals surface area (Å²) in [6, 6.07) is 4.35. The van der Waals surface area contributed by atoms with Crippen molar-refractivity contribution in [3.8, 4) is 5.75 Å². The molecular formula is C21H33N3O6S. The number of hydrogen-bond donors (Lipinski definition) is 1. The molecule has 1 heterocycles. The van der Waals surface area contributed by atoms with Gasteiger partial charge in [-0.3, -0.25) is 14.3 Å². The van der Waals surface area contributed by atoms with Crippen LogP contribution in [0.1, 0.15) is 37.6 Å². The first-order valence-electron chi connectivity index (χ1n) is 10.3. The minimum absolute atomic E-state index is 0.0182. The Kier molecular flexibility index (Phi) is 8.30. The van der Waals surface area contributed by atoms with E-state index in [1.807, 2.05) is 20.8 Å². The topological polar surface area (TPSA) is 105 Å². The van der Waals surface area contributed by atoms with Crippen LogP contribution in [0.5, 0.6) is 5.75 Å². The van der Waals surface area contributed by atoms with Crippen LogP contribution in [0.3, 0.4) is 0 Å². The number of rotatable bonds is 4. The molecule has 1 aliphatic heterocycles. The zero-order valence-electron chi connectivity index (χ0n) is 19.0. The van der Waals surface area contributed by atoms with Gasteiger partial charge in [0.15, 0.2) is 0 Å². The maximum Gasteiger partial charge on any atom is 0.257 e. The Morgan fingerprint density at radius 3 is 2.55 bits per heavy atom. The predicted molar refractivity (Wildman–Crippen MR) is 119 cm³/mol. The van der Waals surface area contributed by atoms with Crippen molar-refractivity contribution >= 4 is 27.5 Å². The van der Waals surface area contributed by atoms with Gasteiger partial charge in [-0.15, -0.1) is 0 Å². The molecule has 0 bridgehead atoms. The molecule has 0 saturated carbocycles. The summed E-state index contributed by atoms with van der Waals surface area (Å²) in [6.45, 7) is 6.70. The molecule has 2 rings (SSSR count). The van der Waals surface area contributed by atoms with Crippen molar-refractivity contribution < 1.29 is 27.5 Å². The van der Waals surface area contributed by atoms with E-state index in [-0.39, 0.29) is 47.7 Å². The van der Waals surface area contributed by atoms with Gasteiger partial charge in [0.05, 0.1) is 24.0 Å². The average Bonchev–Trinajstić information content (AvgIpc) is 2.71. The molecule has 2 amide bonds. The minimum Gasteiger partial charge on any atom is -0.491 e. The lowest BCUT2D eigenvalue weighted by Gasteiger charge is -2.36. The van der Waals surface area contributed by atoms with Gasteiger partial charge in [0.2, 0.25) is 15.9 Å². The first-order valence-corrected chi connectivity index (χ1v) is 12.2. The highest BCUT2D eigenvalue weighted by Crippen LogP contribution is 2.27. The maximum atomic E-state index is 13.2. The monoisotopic (exact) mass is 455 g/mol. The van der Waals surface area contributed by atoms with Gasteiger partial charge in [0, 0.05) is 45.3 Å². The fourth-order valence-electron chi connectivity index (χ4n) is 3.60. The molecule has 3 atom stereocenters. The maximum absolute atomic E-state index is 13.2. The second-order valence-electron chi connectivity index (χ2n) is 8.08. The largest absolute Gasteiger partial charge is 0.491 e. The van der Waals surface area contributed by atoms with Crippen molar-refractivity contribution in [1.29, 1.82) is 0 Å². The van der Waals surface area contributed by atoms with Crippen LogP contribution in [0.25, 0.3) is 0 Å². The summed E-state index contributed by atoms with van der Waals surface area (Å²) >= 11 is 0. The molecule has 9 nitrogen and oxygen atoms in total. The van der Waals surface area contributed by atoms with E-state index in [9.17, 15) is 18.0 Å². The van der Waals surface area contributed by atoms with E-state index in [0.717, 1.165) is 6.26 Å². The normalized spacial score (nSPS) is 23.3. The van der Waals surface area contributed by atoms with Crippen LogP contribution in [0.15, 0.2) is 18.2 Å². The van der Waals surface area contributed by atoms with E-state index < -0.39 is 10.0 Å². The predicted octanol–water partition coefficient (Wildman–Crippen LogP) is 1.80. The van der Waals surface area contributed by atoms with Crippen LogP contribution in [0.2, 0.25) is 0 Å². The van der Waals surface area contributed by atoms with E-state index in [2.05, 4.69) is 4.72 Å². The van der Waals surface area contributed by atoms with Crippen molar-refractivity contribution in [2.24, 2.45) is 5.92 Å². The number of likely N-dealkylation sites (N-methyl/N-ethyl adjacent to an activating group) is 1. The fraction of sp³-hybridized carbons (Fsp3) is 0.619. The van der Waals surface area contributed by atoms with Gasteiger partial charge in [0.1, 0.15) is 12.4 Å². The number of carbonyl (C=O) groups excluding carboxylic acids is 2. The van der Waals surface area contributed by atoms with E-state index in [4.69, 9.17) is 9.47 Å². The summed E-state index contributed by atoms with van der Waals surface area (Å²) in [6.07, 6.45) is 1.14. The molecular weight excluding hydrogens is 422 g/mol. The third kappa shape index (κ3) is 6.57. The zero-order valence-corrected chi connectivity index (χ0v) is 19.9. The number of methoxy groups -OCH3 is 1. The Hall–Kier alpha value is -2.33. The molecule has 1 N–H and O–H groups in total. The molecule has 10 heteroatoms. The Bertz CT molecular complexity index is 904.